The number of hydrogen-bond donors (Lipinski definition) is 1. The van der Waals surface area contributed by atoms with Crippen LogP contribution in [-0.2, 0) is 38.4 Å². The van der Waals surface area contributed by atoms with Gasteiger partial charge in [-0.15, -0.1) is 18.9 Å². The number of piperidine rings is 1. The van der Waals surface area contributed by atoms with Gasteiger partial charge in [0.2, 0.25) is 5.91 Å². The van der Waals surface area contributed by atoms with E-state index in [0.29, 0.717) is 18.5 Å². The van der Waals surface area contributed by atoms with Gasteiger partial charge in [0.15, 0.2) is 0 Å². The number of halogens is 1. The highest BCUT2D eigenvalue weighted by molar-refractivity contribution is 9.10. The summed E-state index contributed by atoms with van der Waals surface area (Å²) in [5.41, 5.74) is 6.69. The highest BCUT2D eigenvalue weighted by Crippen LogP contribution is 2.34. The molecule has 7 nitrogen and oxygen atoms in total. The van der Waals surface area contributed by atoms with E-state index in [4.69, 9.17) is 9.47 Å². The van der Waals surface area contributed by atoms with E-state index in [1.807, 2.05) is 0 Å². The standard InChI is InChI=1S/C24H37BrN2O3.C7H7NO.C2H4/c1-29-12-4-6-18-14-19(8-5-13-30-2)23(25)21(15-18)17-27(22-9-10-22)24(28)20-7-3-11-26-16-20;1-8-6-4-2-3-5-7(8)9;1-2/h14-15,20,22,26H,3-13,16-17H2,1-2H3;2-3,5-6H,1H3;1-2H2/t20-;;/m1../s1. The lowest BCUT2D eigenvalue weighted by Crippen LogP contribution is -2.43. The number of carbonyl (C=O) groups excluding carboxylic acids is 2. The van der Waals surface area contributed by atoms with Gasteiger partial charge in [-0.3, -0.25) is 9.59 Å². The minimum Gasteiger partial charge on any atom is -0.385 e. The van der Waals surface area contributed by atoms with Crippen LogP contribution in [0.4, 0.5) is 0 Å². The van der Waals surface area contributed by atoms with Gasteiger partial charge in [0.25, 0.3) is 5.91 Å². The molecule has 3 aliphatic rings. The Labute approximate surface area is 255 Å². The van der Waals surface area contributed by atoms with Crippen LogP contribution < -0.4 is 5.32 Å². The third-order valence-corrected chi connectivity index (χ3v) is 8.21. The summed E-state index contributed by atoms with van der Waals surface area (Å²) >= 11 is 3.88. The summed E-state index contributed by atoms with van der Waals surface area (Å²) in [4.78, 5) is 27.7. The molecule has 8 heteroatoms. The number of rotatable bonds is 12. The first kappa shape index (κ1) is 34.7. The van der Waals surface area contributed by atoms with Crippen LogP contribution in [0.15, 0.2) is 59.9 Å². The maximum atomic E-state index is 13.3. The van der Waals surface area contributed by atoms with Crippen molar-refractivity contribution >= 4 is 27.7 Å². The number of nitrogens with one attached hydrogen (secondary N) is 1. The molecule has 0 unspecified atom stereocenters. The van der Waals surface area contributed by atoms with Gasteiger partial charge in [-0.05, 0) is 86.8 Å². The molecule has 1 atom stereocenters. The van der Waals surface area contributed by atoms with E-state index < -0.39 is 0 Å². The van der Waals surface area contributed by atoms with Crippen LogP contribution in [0.2, 0.25) is 0 Å². The summed E-state index contributed by atoms with van der Waals surface area (Å²) < 4.78 is 11.7. The van der Waals surface area contributed by atoms with Crippen molar-refractivity contribution in [3.8, 4) is 0 Å². The maximum Gasteiger partial charge on any atom is 0.250 e. The largest absolute Gasteiger partial charge is 0.385 e. The zero-order valence-electron chi connectivity index (χ0n) is 25.1. The Morgan fingerprint density at radius 1 is 1.12 bits per heavy atom. The van der Waals surface area contributed by atoms with Crippen molar-refractivity contribution in [3.63, 3.8) is 0 Å². The molecule has 0 aromatic heterocycles. The molecule has 2 fully saturated rings. The lowest BCUT2D eigenvalue weighted by molar-refractivity contribution is -0.137. The second-order valence-corrected chi connectivity index (χ2v) is 11.2. The number of ether oxygens (including phenoxy) is 2. The molecular weight excluding hydrogens is 582 g/mol. The van der Waals surface area contributed by atoms with Crippen LogP contribution in [0.25, 0.3) is 0 Å². The molecule has 0 bridgehead atoms. The van der Waals surface area contributed by atoms with Crippen molar-refractivity contribution in [1.29, 1.82) is 0 Å². The number of amides is 2. The lowest BCUT2D eigenvalue weighted by Gasteiger charge is -2.30. The Hall–Kier alpha value is -2.48. The molecule has 4 rings (SSSR count). The molecule has 0 spiro atoms. The minimum atomic E-state index is -0.0174. The van der Waals surface area contributed by atoms with Crippen molar-refractivity contribution in [3.05, 3.63) is 76.6 Å². The molecule has 1 aliphatic carbocycles. The van der Waals surface area contributed by atoms with E-state index in [1.165, 1.54) is 27.7 Å². The monoisotopic (exact) mass is 629 g/mol. The second kappa shape index (κ2) is 19.6. The van der Waals surface area contributed by atoms with Crippen LogP contribution in [0, 0.1) is 5.92 Å². The molecular formula is C33H48BrN3O4. The highest BCUT2D eigenvalue weighted by Gasteiger charge is 2.36. The van der Waals surface area contributed by atoms with Crippen molar-refractivity contribution in [2.45, 2.75) is 64.0 Å². The Bertz CT molecular complexity index is 1060. The number of carbonyl (C=O) groups is 2. The van der Waals surface area contributed by atoms with Crippen molar-refractivity contribution in [1.82, 2.24) is 15.1 Å². The van der Waals surface area contributed by atoms with E-state index in [1.54, 1.807) is 39.6 Å². The van der Waals surface area contributed by atoms with Gasteiger partial charge in [0.05, 0.1) is 5.92 Å². The fourth-order valence-electron chi connectivity index (χ4n) is 4.87. The summed E-state index contributed by atoms with van der Waals surface area (Å²) in [6.45, 7) is 10.1. The van der Waals surface area contributed by atoms with Gasteiger partial charge in [0.1, 0.15) is 0 Å². The average molecular weight is 631 g/mol. The fraction of sp³-hybridized carbons (Fsp3) is 0.545. The van der Waals surface area contributed by atoms with E-state index in [0.717, 1.165) is 82.1 Å². The van der Waals surface area contributed by atoms with Crippen molar-refractivity contribution in [2.75, 3.05) is 47.6 Å². The summed E-state index contributed by atoms with van der Waals surface area (Å²) in [6, 6.07) is 5.02. The predicted molar refractivity (Wildman–Crippen MR) is 170 cm³/mol. The molecule has 1 saturated heterocycles. The van der Waals surface area contributed by atoms with Crippen LogP contribution in [0.3, 0.4) is 0 Å². The molecule has 1 aromatic rings. The average Bonchev–Trinajstić information content (AvgIpc) is 3.86. The van der Waals surface area contributed by atoms with E-state index in [9.17, 15) is 9.59 Å². The summed E-state index contributed by atoms with van der Waals surface area (Å²) in [7, 11) is 5.20. The summed E-state index contributed by atoms with van der Waals surface area (Å²) in [6.07, 6.45) is 14.8. The summed E-state index contributed by atoms with van der Waals surface area (Å²) in [5, 5.41) is 3.40. The van der Waals surface area contributed by atoms with Gasteiger partial charge >= 0.3 is 0 Å². The quantitative estimate of drug-likeness (QED) is 0.186. The normalized spacial score (nSPS) is 17.7. The van der Waals surface area contributed by atoms with Gasteiger partial charge in [-0.2, -0.15) is 0 Å². The SMILES string of the molecule is C=C.CN1C=C=CC=CC1=O.COCCCc1cc(CCCOC)c(Br)c(CN(C(=O)[C@@H]2CCCNC2)C2CC2)c1. The smallest absolute Gasteiger partial charge is 0.250 e. The fourth-order valence-corrected chi connectivity index (χ4v) is 5.42. The number of allylic oxidation sites excluding steroid dienone is 2. The molecule has 2 heterocycles. The Kier molecular flexibility index (Phi) is 16.6. The van der Waals surface area contributed by atoms with E-state index >= 15 is 0 Å². The van der Waals surface area contributed by atoms with Crippen LogP contribution in [-0.4, -0.2) is 75.2 Å². The van der Waals surface area contributed by atoms with Crippen molar-refractivity contribution < 1.29 is 19.1 Å². The Morgan fingerprint density at radius 2 is 1.80 bits per heavy atom. The van der Waals surface area contributed by atoms with Gasteiger partial charge in [-0.1, -0.05) is 28.1 Å². The lowest BCUT2D eigenvalue weighted by atomic mass is 9.96. The number of hydrogen-bond acceptors (Lipinski definition) is 5. The molecule has 226 valence electrons. The molecule has 1 N–H and O–H groups in total. The molecule has 2 amide bonds. The topological polar surface area (TPSA) is 71.1 Å². The van der Waals surface area contributed by atoms with E-state index in [2.05, 4.69) is 57.2 Å². The predicted octanol–water partition coefficient (Wildman–Crippen LogP) is 5.58. The molecule has 1 aromatic carbocycles. The molecule has 41 heavy (non-hydrogen) atoms. The second-order valence-electron chi connectivity index (χ2n) is 10.4. The summed E-state index contributed by atoms with van der Waals surface area (Å²) in [5.74, 6) is 0.447. The Balaban J connectivity index is 0.000000450. The van der Waals surface area contributed by atoms with Crippen LogP contribution in [0.1, 0.15) is 55.2 Å². The van der Waals surface area contributed by atoms with Gasteiger partial charge in [-0.25, -0.2) is 0 Å². The first-order valence-electron chi connectivity index (χ1n) is 14.6. The number of aryl methyl sites for hydroxylation is 2. The zero-order valence-corrected chi connectivity index (χ0v) is 26.7. The minimum absolute atomic E-state index is 0.0174. The number of benzene rings is 1. The zero-order chi connectivity index (χ0) is 30.0. The molecule has 2 aliphatic heterocycles. The van der Waals surface area contributed by atoms with E-state index in [-0.39, 0.29) is 11.8 Å². The van der Waals surface area contributed by atoms with Crippen LogP contribution >= 0.6 is 15.9 Å². The molecule has 1 saturated carbocycles. The Morgan fingerprint density at radius 3 is 2.44 bits per heavy atom. The number of methoxy groups -OCH3 is 2. The van der Waals surface area contributed by atoms with Crippen molar-refractivity contribution in [2.24, 2.45) is 5.92 Å². The van der Waals surface area contributed by atoms with Gasteiger partial charge in [0, 0.05) is 70.4 Å². The molecule has 0 radical (unpaired) electrons. The first-order valence-corrected chi connectivity index (χ1v) is 15.4. The number of nitrogens with zero attached hydrogens (tertiary/aromatic N) is 2. The third-order valence-electron chi connectivity index (χ3n) is 7.20. The first-order chi connectivity index (χ1) is 19.9. The van der Waals surface area contributed by atoms with Crippen LogP contribution in [0.5, 0.6) is 0 Å². The third kappa shape index (κ3) is 12.1. The number of likely N-dealkylation sites (N-methyl/N-ethyl adjacent to an activating group) is 1. The van der Waals surface area contributed by atoms with Gasteiger partial charge < -0.3 is 24.6 Å². The highest BCUT2D eigenvalue weighted by atomic mass is 79.9. The maximum absolute atomic E-state index is 13.3.